The van der Waals surface area contributed by atoms with E-state index in [1.807, 2.05) is 4.90 Å². The molecule has 1 fully saturated rings. The predicted molar refractivity (Wildman–Crippen MR) is 85.3 cm³/mol. The molecule has 140 valence electrons. The highest BCUT2D eigenvalue weighted by molar-refractivity contribution is 5.34. The summed E-state index contributed by atoms with van der Waals surface area (Å²) in [5.74, 6) is -0.877. The van der Waals surface area contributed by atoms with Gasteiger partial charge < -0.3 is 5.32 Å². The molecule has 3 rings (SSSR count). The Kier molecular flexibility index (Phi) is 5.36. The number of hydrogen-bond donors (Lipinski definition) is 1. The van der Waals surface area contributed by atoms with Crippen molar-refractivity contribution >= 4 is 5.82 Å². The summed E-state index contributed by atoms with van der Waals surface area (Å²) >= 11 is 0. The van der Waals surface area contributed by atoms with Gasteiger partial charge in [0.15, 0.2) is 5.69 Å². The van der Waals surface area contributed by atoms with Crippen LogP contribution in [0.1, 0.15) is 24.1 Å². The molecule has 1 aromatic carbocycles. The molecule has 26 heavy (non-hydrogen) atoms. The van der Waals surface area contributed by atoms with E-state index in [2.05, 4.69) is 15.5 Å². The summed E-state index contributed by atoms with van der Waals surface area (Å²) in [6.07, 6.45) is -3.05. The van der Waals surface area contributed by atoms with E-state index in [9.17, 15) is 22.0 Å². The van der Waals surface area contributed by atoms with Gasteiger partial charge in [0, 0.05) is 37.3 Å². The Labute approximate surface area is 147 Å². The maximum Gasteiger partial charge on any atom is 0.435 e. The maximum atomic E-state index is 13.7. The smallest absolute Gasteiger partial charge is 0.366 e. The quantitative estimate of drug-likeness (QED) is 0.828. The van der Waals surface area contributed by atoms with Gasteiger partial charge in [-0.15, -0.1) is 10.2 Å². The molecular weight excluding hydrogens is 355 g/mol. The molecule has 1 N–H and O–H groups in total. The highest BCUT2D eigenvalue weighted by Crippen LogP contribution is 2.27. The van der Waals surface area contributed by atoms with Crippen LogP contribution in [0.25, 0.3) is 0 Å². The zero-order valence-electron chi connectivity index (χ0n) is 13.7. The van der Waals surface area contributed by atoms with E-state index in [4.69, 9.17) is 0 Å². The lowest BCUT2D eigenvalue weighted by Crippen LogP contribution is -2.39. The molecule has 0 aliphatic carbocycles. The molecule has 1 saturated heterocycles. The van der Waals surface area contributed by atoms with Crippen LogP contribution in [0.4, 0.5) is 27.8 Å². The summed E-state index contributed by atoms with van der Waals surface area (Å²) in [7, 11) is 0. The minimum Gasteiger partial charge on any atom is -0.366 e. The molecule has 0 spiro atoms. The average Bonchev–Trinajstić information content (AvgIpc) is 2.59. The van der Waals surface area contributed by atoms with Crippen LogP contribution in [-0.4, -0.2) is 34.2 Å². The van der Waals surface area contributed by atoms with Crippen molar-refractivity contribution in [3.8, 4) is 0 Å². The Bertz CT molecular complexity index is 740. The van der Waals surface area contributed by atoms with Crippen molar-refractivity contribution in [1.82, 2.24) is 15.1 Å². The molecule has 0 radical (unpaired) electrons. The molecule has 0 saturated carbocycles. The molecule has 4 nitrogen and oxygen atoms in total. The Balaban J connectivity index is 1.50. The van der Waals surface area contributed by atoms with Crippen LogP contribution < -0.4 is 5.32 Å². The first-order chi connectivity index (χ1) is 12.3. The minimum atomic E-state index is -4.51. The molecule has 2 aromatic rings. The Morgan fingerprint density at radius 1 is 1.04 bits per heavy atom. The van der Waals surface area contributed by atoms with Gasteiger partial charge in [-0.05, 0) is 31.0 Å². The first-order valence-electron chi connectivity index (χ1n) is 8.15. The zero-order chi connectivity index (χ0) is 18.7. The second kappa shape index (κ2) is 7.53. The number of aromatic nitrogens is 2. The molecule has 0 atom stereocenters. The van der Waals surface area contributed by atoms with Crippen LogP contribution in [0.3, 0.4) is 0 Å². The van der Waals surface area contributed by atoms with Gasteiger partial charge in [0.1, 0.15) is 17.5 Å². The highest BCUT2D eigenvalue weighted by Gasteiger charge is 2.33. The van der Waals surface area contributed by atoms with Gasteiger partial charge in [-0.3, -0.25) is 4.90 Å². The van der Waals surface area contributed by atoms with E-state index in [1.54, 1.807) is 0 Å². The van der Waals surface area contributed by atoms with Crippen molar-refractivity contribution < 1.29 is 22.0 Å². The van der Waals surface area contributed by atoms with E-state index in [-0.39, 0.29) is 6.04 Å². The number of nitrogens with zero attached hydrogens (tertiary/aromatic N) is 3. The zero-order valence-corrected chi connectivity index (χ0v) is 13.7. The third kappa shape index (κ3) is 4.66. The minimum absolute atomic E-state index is 0.0513. The molecular formula is C17H17F5N4. The van der Waals surface area contributed by atoms with Crippen molar-refractivity contribution in [2.24, 2.45) is 0 Å². The van der Waals surface area contributed by atoms with Gasteiger partial charge in [-0.25, -0.2) is 8.78 Å². The fourth-order valence-corrected chi connectivity index (χ4v) is 2.90. The van der Waals surface area contributed by atoms with Crippen molar-refractivity contribution in [2.75, 3.05) is 18.4 Å². The summed E-state index contributed by atoms with van der Waals surface area (Å²) in [5.41, 5.74) is -0.592. The number of anilines is 1. The second-order valence-electron chi connectivity index (χ2n) is 6.23. The van der Waals surface area contributed by atoms with Gasteiger partial charge in [0.2, 0.25) is 0 Å². The number of likely N-dealkylation sites (tertiary alicyclic amines) is 1. The first-order valence-corrected chi connectivity index (χ1v) is 8.15. The number of halogens is 5. The SMILES string of the molecule is Fc1ccc(CN2CCC(Nc3ccc(C(F)(F)F)nn3)CC2)c(F)c1. The predicted octanol–water partition coefficient (Wildman–Crippen LogP) is 3.85. The van der Waals surface area contributed by atoms with Crippen molar-refractivity contribution in [1.29, 1.82) is 0 Å². The van der Waals surface area contributed by atoms with E-state index < -0.39 is 23.5 Å². The normalized spacial score (nSPS) is 16.7. The summed E-state index contributed by atoms with van der Waals surface area (Å²) < 4.78 is 64.1. The molecule has 2 heterocycles. The largest absolute Gasteiger partial charge is 0.435 e. The van der Waals surface area contributed by atoms with Gasteiger partial charge in [-0.1, -0.05) is 6.07 Å². The van der Waals surface area contributed by atoms with E-state index in [0.29, 0.717) is 31.0 Å². The Morgan fingerprint density at radius 3 is 2.35 bits per heavy atom. The fourth-order valence-electron chi connectivity index (χ4n) is 2.90. The molecule has 0 amide bonds. The van der Waals surface area contributed by atoms with Crippen molar-refractivity contribution in [3.63, 3.8) is 0 Å². The highest BCUT2D eigenvalue weighted by atomic mass is 19.4. The Morgan fingerprint density at radius 2 is 1.77 bits per heavy atom. The lowest BCUT2D eigenvalue weighted by molar-refractivity contribution is -0.141. The van der Waals surface area contributed by atoms with E-state index in [1.165, 1.54) is 18.2 Å². The number of benzene rings is 1. The number of hydrogen-bond acceptors (Lipinski definition) is 4. The maximum absolute atomic E-state index is 13.7. The lowest BCUT2D eigenvalue weighted by Gasteiger charge is -2.32. The third-order valence-electron chi connectivity index (χ3n) is 4.30. The van der Waals surface area contributed by atoms with Crippen LogP contribution in [0.5, 0.6) is 0 Å². The van der Waals surface area contributed by atoms with Crippen molar-refractivity contribution in [3.05, 3.63) is 53.2 Å². The summed E-state index contributed by atoms with van der Waals surface area (Å²) in [4.78, 5) is 2.05. The van der Waals surface area contributed by atoms with Crippen LogP contribution in [0, 0.1) is 11.6 Å². The van der Waals surface area contributed by atoms with Crippen molar-refractivity contribution in [2.45, 2.75) is 31.6 Å². The van der Waals surface area contributed by atoms with Crippen LogP contribution in [0.2, 0.25) is 0 Å². The summed E-state index contributed by atoms with van der Waals surface area (Å²) in [5, 5.41) is 9.82. The van der Waals surface area contributed by atoms with Gasteiger partial charge >= 0.3 is 6.18 Å². The first kappa shape index (κ1) is 18.5. The fraction of sp³-hybridized carbons (Fsp3) is 0.412. The molecule has 1 aromatic heterocycles. The van der Waals surface area contributed by atoms with Gasteiger partial charge in [0.25, 0.3) is 0 Å². The van der Waals surface area contributed by atoms with Gasteiger partial charge in [0.05, 0.1) is 0 Å². The van der Waals surface area contributed by atoms with Gasteiger partial charge in [-0.2, -0.15) is 13.2 Å². The van der Waals surface area contributed by atoms with E-state index >= 15 is 0 Å². The monoisotopic (exact) mass is 372 g/mol. The topological polar surface area (TPSA) is 41.0 Å². The molecule has 9 heteroatoms. The lowest BCUT2D eigenvalue weighted by atomic mass is 10.0. The Hall–Kier alpha value is -2.29. The third-order valence-corrected chi connectivity index (χ3v) is 4.30. The number of piperidine rings is 1. The molecule has 0 bridgehead atoms. The van der Waals surface area contributed by atoms with Crippen LogP contribution >= 0.6 is 0 Å². The number of nitrogens with one attached hydrogen (secondary N) is 1. The number of rotatable bonds is 4. The second-order valence-corrected chi connectivity index (χ2v) is 6.23. The summed E-state index contributed by atoms with van der Waals surface area (Å²) in [6, 6.07) is 5.74. The molecule has 1 aliphatic rings. The van der Waals surface area contributed by atoms with E-state index in [0.717, 1.165) is 25.0 Å². The number of alkyl halides is 3. The van der Waals surface area contributed by atoms with Crippen LogP contribution in [-0.2, 0) is 12.7 Å². The molecule has 0 unspecified atom stereocenters. The average molecular weight is 372 g/mol. The molecule has 1 aliphatic heterocycles. The standard InChI is InChI=1S/C17H17F5N4/c18-12-2-1-11(14(19)9-12)10-26-7-5-13(6-8-26)23-16-4-3-15(24-25-16)17(20,21)22/h1-4,9,13H,5-8,10H2,(H,23,25). The van der Waals surface area contributed by atoms with Crippen LogP contribution in [0.15, 0.2) is 30.3 Å². The summed E-state index contributed by atoms with van der Waals surface area (Å²) in [6.45, 7) is 1.75.